The second-order valence-corrected chi connectivity index (χ2v) is 21.3. The van der Waals surface area contributed by atoms with Gasteiger partial charge in [0, 0.05) is 27.9 Å². The van der Waals surface area contributed by atoms with Crippen LogP contribution in [0.15, 0.2) is 212 Å². The van der Waals surface area contributed by atoms with E-state index in [1.54, 1.807) is 11.1 Å². The average molecular weight is 874 g/mol. The molecule has 0 heterocycles. The van der Waals surface area contributed by atoms with Crippen molar-refractivity contribution in [3.63, 3.8) is 0 Å². The van der Waals surface area contributed by atoms with E-state index in [0.29, 0.717) is 0 Å². The van der Waals surface area contributed by atoms with Gasteiger partial charge in [-0.15, -0.1) is 0 Å². The van der Waals surface area contributed by atoms with Crippen LogP contribution in [0.4, 0.5) is 17.1 Å². The second kappa shape index (κ2) is 15.1. The van der Waals surface area contributed by atoms with Crippen molar-refractivity contribution >= 4 is 17.1 Å². The van der Waals surface area contributed by atoms with E-state index < -0.39 is 0 Å². The van der Waals surface area contributed by atoms with E-state index in [4.69, 9.17) is 0 Å². The van der Waals surface area contributed by atoms with Gasteiger partial charge in [0.15, 0.2) is 0 Å². The lowest BCUT2D eigenvalue weighted by atomic mass is 9.43. The zero-order chi connectivity index (χ0) is 45.1. The van der Waals surface area contributed by atoms with Crippen LogP contribution in [0.25, 0.3) is 66.8 Å². The van der Waals surface area contributed by atoms with Crippen molar-refractivity contribution in [3.05, 3.63) is 235 Å². The Labute approximate surface area is 401 Å². The molecule has 0 radical (unpaired) electrons. The molecule has 0 N–H and O–H groups in total. The lowest BCUT2D eigenvalue weighted by Gasteiger charge is -2.61. The molecule has 15 rings (SSSR count). The Morgan fingerprint density at radius 3 is 1.43 bits per heavy atom. The first-order valence-electron chi connectivity index (χ1n) is 25.2. The van der Waals surface area contributed by atoms with Crippen molar-refractivity contribution in [2.75, 3.05) is 4.90 Å². The van der Waals surface area contributed by atoms with E-state index >= 15 is 0 Å². The Morgan fingerprint density at radius 2 is 0.765 bits per heavy atom. The molecule has 0 saturated heterocycles. The molecule has 1 nitrogen and oxygen atoms in total. The highest BCUT2D eigenvalue weighted by Gasteiger charge is 2.61. The molecule has 9 aromatic carbocycles. The Balaban J connectivity index is 0.813. The second-order valence-electron chi connectivity index (χ2n) is 21.3. The molecule has 0 aliphatic heterocycles. The summed E-state index contributed by atoms with van der Waals surface area (Å²) in [6.07, 6.45) is 7.12. The summed E-state index contributed by atoms with van der Waals surface area (Å²) in [6, 6.07) is 80.2. The highest BCUT2D eigenvalue weighted by Crippen LogP contribution is 2.69. The summed E-state index contributed by atoms with van der Waals surface area (Å²) >= 11 is 0. The Kier molecular flexibility index (Phi) is 8.89. The molecule has 68 heavy (non-hydrogen) atoms. The fraction of sp³-hybridized carbons (Fsp3) is 0.194. The van der Waals surface area contributed by atoms with Crippen molar-refractivity contribution in [2.24, 2.45) is 23.7 Å². The van der Waals surface area contributed by atoms with Gasteiger partial charge in [-0.05, 0) is 193 Å². The van der Waals surface area contributed by atoms with Gasteiger partial charge in [-0.3, -0.25) is 0 Å². The molecule has 4 bridgehead atoms. The largest absolute Gasteiger partial charge is 0.310 e. The summed E-state index contributed by atoms with van der Waals surface area (Å²) in [5.74, 6) is 3.44. The van der Waals surface area contributed by atoms with Gasteiger partial charge in [-0.25, -0.2) is 0 Å². The van der Waals surface area contributed by atoms with Crippen molar-refractivity contribution in [1.29, 1.82) is 0 Å². The van der Waals surface area contributed by atoms with E-state index in [0.717, 1.165) is 40.7 Å². The quantitative estimate of drug-likeness (QED) is 0.154. The predicted octanol–water partition coefficient (Wildman–Crippen LogP) is 17.9. The van der Waals surface area contributed by atoms with Gasteiger partial charge < -0.3 is 4.90 Å². The first-order chi connectivity index (χ1) is 33.4. The van der Waals surface area contributed by atoms with E-state index in [1.165, 1.54) is 110 Å². The molecule has 4 fully saturated rings. The standard InChI is InChI=1S/C67H55N/c1-66(2)62-21-10-8-19-58(62)60-33-32-55(42-65(60)66)68(53-28-23-46(24-29-53)45-13-4-3-5-14-45)54-30-25-47(26-31-54)48-15-12-16-49(40-48)56-17-6-7-18-57(56)50-27-34-64-61(41-50)59-20-9-11-22-63(59)67(64)51-36-43-35-44(38-51)39-52(67)37-43/h3-34,40-44,51-52H,35-39H2,1-2H3. The molecule has 1 spiro atoms. The lowest BCUT2D eigenvalue weighted by molar-refractivity contribution is -0.0399. The summed E-state index contributed by atoms with van der Waals surface area (Å²) < 4.78 is 0. The third-order valence-corrected chi connectivity index (χ3v) is 17.5. The predicted molar refractivity (Wildman–Crippen MR) is 284 cm³/mol. The highest BCUT2D eigenvalue weighted by atomic mass is 15.1. The normalized spacial score (nSPS) is 21.9. The summed E-state index contributed by atoms with van der Waals surface area (Å²) in [4.78, 5) is 2.42. The third-order valence-electron chi connectivity index (χ3n) is 17.5. The van der Waals surface area contributed by atoms with Gasteiger partial charge in [0.2, 0.25) is 0 Å². The maximum atomic E-state index is 2.56. The lowest BCUT2D eigenvalue weighted by Crippen LogP contribution is -2.55. The van der Waals surface area contributed by atoms with E-state index in [-0.39, 0.29) is 10.8 Å². The molecule has 9 aromatic rings. The van der Waals surface area contributed by atoms with Crippen LogP contribution in [0.1, 0.15) is 68.2 Å². The van der Waals surface area contributed by atoms with Crippen molar-refractivity contribution in [1.82, 2.24) is 0 Å². The molecular formula is C67H55N. The molecule has 328 valence electrons. The van der Waals surface area contributed by atoms with Crippen molar-refractivity contribution in [3.8, 4) is 66.8 Å². The Bertz CT molecular complexity index is 3400. The van der Waals surface area contributed by atoms with E-state index in [9.17, 15) is 0 Å². The Hall–Kier alpha value is -7.22. The maximum Gasteiger partial charge on any atom is 0.0465 e. The molecule has 6 aliphatic rings. The molecule has 4 saturated carbocycles. The smallest absolute Gasteiger partial charge is 0.0465 e. The van der Waals surface area contributed by atoms with Gasteiger partial charge in [0.05, 0.1) is 0 Å². The van der Waals surface area contributed by atoms with Crippen LogP contribution in [0, 0.1) is 23.7 Å². The van der Waals surface area contributed by atoms with Gasteiger partial charge >= 0.3 is 0 Å². The van der Waals surface area contributed by atoms with Crippen molar-refractivity contribution in [2.45, 2.75) is 56.8 Å². The van der Waals surface area contributed by atoms with E-state index in [1.807, 2.05) is 0 Å². The van der Waals surface area contributed by atoms with Gasteiger partial charge in [0.25, 0.3) is 0 Å². The van der Waals surface area contributed by atoms with Crippen LogP contribution in [0.5, 0.6) is 0 Å². The van der Waals surface area contributed by atoms with Gasteiger partial charge in [0.1, 0.15) is 0 Å². The van der Waals surface area contributed by atoms with Crippen LogP contribution >= 0.6 is 0 Å². The zero-order valence-electron chi connectivity index (χ0n) is 39.0. The maximum absolute atomic E-state index is 2.56. The fourth-order valence-electron chi connectivity index (χ4n) is 14.7. The monoisotopic (exact) mass is 873 g/mol. The van der Waals surface area contributed by atoms with Crippen LogP contribution in [-0.2, 0) is 10.8 Å². The number of anilines is 3. The molecule has 0 aromatic heterocycles. The topological polar surface area (TPSA) is 3.24 Å². The third kappa shape index (κ3) is 5.94. The summed E-state index contributed by atoms with van der Waals surface area (Å²) in [5.41, 5.74) is 25.1. The van der Waals surface area contributed by atoms with Crippen LogP contribution in [-0.4, -0.2) is 0 Å². The average Bonchev–Trinajstić information content (AvgIpc) is 3.81. The molecule has 0 amide bonds. The number of hydrogen-bond acceptors (Lipinski definition) is 1. The minimum Gasteiger partial charge on any atom is -0.310 e. The molecule has 6 aliphatic carbocycles. The zero-order valence-corrected chi connectivity index (χ0v) is 39.0. The SMILES string of the molecule is CC1(C)c2ccccc2-c2ccc(N(c3ccc(-c4ccccc4)cc3)c3ccc(-c4cccc(-c5ccccc5-c5ccc6c(c5)-c5ccccc5C65C6CC7CC(C6)CC5C7)c4)cc3)cc21. The number of nitrogens with zero attached hydrogens (tertiary/aromatic N) is 1. The highest BCUT2D eigenvalue weighted by molar-refractivity contribution is 5.91. The van der Waals surface area contributed by atoms with Crippen LogP contribution in [0.3, 0.4) is 0 Å². The molecular weight excluding hydrogens is 819 g/mol. The van der Waals surface area contributed by atoms with Crippen molar-refractivity contribution < 1.29 is 0 Å². The minimum absolute atomic E-state index is 0.0958. The Morgan fingerprint density at radius 1 is 0.309 bits per heavy atom. The number of benzene rings is 9. The number of hydrogen-bond donors (Lipinski definition) is 0. The minimum atomic E-state index is -0.0958. The first-order valence-corrected chi connectivity index (χ1v) is 25.2. The number of fused-ring (bicyclic) bond motifs is 6. The first kappa shape index (κ1) is 39.9. The molecule has 0 unspecified atom stereocenters. The van der Waals surface area contributed by atoms with Crippen LogP contribution < -0.4 is 4.90 Å². The summed E-state index contributed by atoms with van der Waals surface area (Å²) in [6.45, 7) is 4.73. The van der Waals surface area contributed by atoms with E-state index in [2.05, 4.69) is 231 Å². The fourth-order valence-corrected chi connectivity index (χ4v) is 14.7. The number of rotatable bonds is 7. The van der Waals surface area contributed by atoms with Gasteiger partial charge in [-0.1, -0.05) is 178 Å². The molecule has 0 atom stereocenters. The van der Waals surface area contributed by atoms with Crippen LogP contribution in [0.2, 0.25) is 0 Å². The molecule has 1 heteroatoms. The van der Waals surface area contributed by atoms with Gasteiger partial charge in [-0.2, -0.15) is 0 Å². The summed E-state index contributed by atoms with van der Waals surface area (Å²) in [5, 5.41) is 0. The summed E-state index contributed by atoms with van der Waals surface area (Å²) in [7, 11) is 0.